The van der Waals surface area contributed by atoms with Gasteiger partial charge in [-0.2, -0.15) is 0 Å². The molecule has 0 aliphatic heterocycles. The predicted molar refractivity (Wildman–Crippen MR) is 100 cm³/mol. The largest absolute Gasteiger partial charge is 0.378 e. The second-order valence-corrected chi connectivity index (χ2v) is 7.02. The highest BCUT2D eigenvalue weighted by atomic mass is 35.5. The number of hydrogen-bond acceptors (Lipinski definition) is 2. The highest BCUT2D eigenvalue weighted by molar-refractivity contribution is 6.29. The lowest BCUT2D eigenvalue weighted by Gasteiger charge is -2.18. The Bertz CT molecular complexity index is 752. The zero-order valence-corrected chi connectivity index (χ0v) is 15.4. The summed E-state index contributed by atoms with van der Waals surface area (Å²) in [5.74, 6) is -0.778. The molecule has 1 aliphatic rings. The van der Waals surface area contributed by atoms with Gasteiger partial charge < -0.3 is 11.1 Å². The van der Waals surface area contributed by atoms with Crippen LogP contribution in [0.3, 0.4) is 0 Å². The highest BCUT2D eigenvalue weighted by Crippen LogP contribution is 2.33. The van der Waals surface area contributed by atoms with Gasteiger partial charge in [-0.25, -0.2) is 4.39 Å². The molecule has 3 N–H and O–H groups in total. The molecule has 3 nitrogen and oxygen atoms in total. The maximum atomic E-state index is 13.6. The van der Waals surface area contributed by atoms with Crippen molar-refractivity contribution in [1.82, 2.24) is 5.32 Å². The topological polar surface area (TPSA) is 55.1 Å². The lowest BCUT2D eigenvalue weighted by atomic mass is 10.1. The quantitative estimate of drug-likeness (QED) is 0.421. The van der Waals surface area contributed by atoms with Crippen LogP contribution in [-0.4, -0.2) is 5.91 Å². The minimum Gasteiger partial charge on any atom is -0.378 e. The molecule has 0 spiro atoms. The van der Waals surface area contributed by atoms with Gasteiger partial charge in [0.25, 0.3) is 0 Å². The number of allylic oxidation sites excluding steroid dienone is 3. The van der Waals surface area contributed by atoms with Gasteiger partial charge in [0.05, 0.1) is 6.04 Å². The van der Waals surface area contributed by atoms with Crippen LogP contribution in [0.2, 0.25) is 0 Å². The van der Waals surface area contributed by atoms with E-state index in [1.165, 1.54) is 6.07 Å². The molecule has 1 aromatic rings. The lowest BCUT2D eigenvalue weighted by molar-refractivity contribution is -0.114. The molecule has 25 heavy (non-hydrogen) atoms. The summed E-state index contributed by atoms with van der Waals surface area (Å²) in [5.41, 5.74) is 9.50. The van der Waals surface area contributed by atoms with Crippen molar-refractivity contribution in [2.45, 2.75) is 45.6 Å². The van der Waals surface area contributed by atoms with Crippen LogP contribution in [-0.2, 0) is 11.2 Å². The molecule has 0 aromatic heterocycles. The molecule has 1 unspecified atom stereocenters. The van der Waals surface area contributed by atoms with E-state index < -0.39 is 5.91 Å². The Kier molecular flexibility index (Phi) is 6.43. The summed E-state index contributed by atoms with van der Waals surface area (Å²) in [5, 5.41) is 3.94. The van der Waals surface area contributed by atoms with Gasteiger partial charge in [0, 0.05) is 16.3 Å². The van der Waals surface area contributed by atoms with Gasteiger partial charge >= 0.3 is 0 Å². The SMILES string of the molecule is C=C(C)CC/C(Cl)=C\C(NC1CCc2ccc(F)cc21)=C(/C)C(N)=O. The fourth-order valence-electron chi connectivity index (χ4n) is 2.86. The average Bonchev–Trinajstić information content (AvgIpc) is 2.93. The second-order valence-electron chi connectivity index (χ2n) is 6.53. The maximum Gasteiger partial charge on any atom is 0.246 e. The maximum absolute atomic E-state index is 13.6. The predicted octanol–water partition coefficient (Wildman–Crippen LogP) is 4.64. The van der Waals surface area contributed by atoms with E-state index in [0.717, 1.165) is 36.0 Å². The van der Waals surface area contributed by atoms with Gasteiger partial charge in [-0.3, -0.25) is 4.79 Å². The van der Waals surface area contributed by atoms with Crippen molar-refractivity contribution in [3.63, 3.8) is 0 Å². The van der Waals surface area contributed by atoms with Gasteiger partial charge in [0.15, 0.2) is 0 Å². The van der Waals surface area contributed by atoms with Crippen LogP contribution in [0.5, 0.6) is 0 Å². The van der Waals surface area contributed by atoms with E-state index in [9.17, 15) is 9.18 Å². The number of amides is 1. The molecule has 5 heteroatoms. The Morgan fingerprint density at radius 3 is 2.80 bits per heavy atom. The minimum absolute atomic E-state index is 0.0724. The van der Waals surface area contributed by atoms with E-state index >= 15 is 0 Å². The summed E-state index contributed by atoms with van der Waals surface area (Å²) in [6, 6.07) is 4.76. The van der Waals surface area contributed by atoms with Gasteiger partial charge in [-0.1, -0.05) is 23.2 Å². The van der Waals surface area contributed by atoms with Crippen LogP contribution >= 0.6 is 11.6 Å². The van der Waals surface area contributed by atoms with Crippen molar-refractivity contribution in [1.29, 1.82) is 0 Å². The van der Waals surface area contributed by atoms with E-state index in [0.29, 0.717) is 22.7 Å². The smallest absolute Gasteiger partial charge is 0.246 e. The third kappa shape index (κ3) is 5.20. The van der Waals surface area contributed by atoms with E-state index in [4.69, 9.17) is 17.3 Å². The molecule has 0 saturated heterocycles. The summed E-state index contributed by atoms with van der Waals surface area (Å²) >= 11 is 6.31. The molecule has 0 heterocycles. The molecule has 1 aromatic carbocycles. The number of hydrogen-bond donors (Lipinski definition) is 2. The minimum atomic E-state index is -0.513. The Balaban J connectivity index is 2.26. The fraction of sp³-hybridized carbons (Fsp3) is 0.350. The summed E-state index contributed by atoms with van der Waals surface area (Å²) in [6.07, 6.45) is 4.84. The van der Waals surface area contributed by atoms with Crippen molar-refractivity contribution < 1.29 is 9.18 Å². The van der Waals surface area contributed by atoms with E-state index in [1.807, 2.05) is 13.0 Å². The molecule has 1 atom stereocenters. The van der Waals surface area contributed by atoms with Crippen LogP contribution in [0.4, 0.5) is 4.39 Å². The molecule has 0 saturated carbocycles. The van der Waals surface area contributed by atoms with Crippen LogP contribution in [0, 0.1) is 5.82 Å². The molecule has 1 amide bonds. The standard InChI is InChI=1S/C20H24ClFN2O/c1-12(2)4-7-15(21)10-19(13(3)20(23)25)24-18-9-6-14-5-8-16(22)11-17(14)18/h5,8,10-11,18,24H,1,4,6-7,9H2,2-3H3,(H2,23,25)/b15-10+,19-13-. The van der Waals surface area contributed by atoms with Crippen LogP contribution in [0.15, 0.2) is 52.7 Å². The number of carbonyl (C=O) groups excluding carboxylic acids is 1. The number of rotatable bonds is 7. The van der Waals surface area contributed by atoms with Gasteiger partial charge in [-0.15, -0.1) is 6.58 Å². The summed E-state index contributed by atoms with van der Waals surface area (Å²) in [7, 11) is 0. The van der Waals surface area contributed by atoms with Crippen LogP contribution in [0.25, 0.3) is 0 Å². The summed E-state index contributed by atoms with van der Waals surface area (Å²) in [6.45, 7) is 7.46. The molecule has 0 bridgehead atoms. The van der Waals surface area contributed by atoms with Crippen molar-refractivity contribution in [3.05, 3.63) is 69.7 Å². The van der Waals surface area contributed by atoms with Gasteiger partial charge in [0.2, 0.25) is 5.91 Å². The third-order valence-electron chi connectivity index (χ3n) is 4.38. The Morgan fingerprint density at radius 2 is 2.16 bits per heavy atom. The van der Waals surface area contributed by atoms with Gasteiger partial charge in [0.1, 0.15) is 5.82 Å². The Labute approximate surface area is 153 Å². The first-order valence-corrected chi connectivity index (χ1v) is 8.71. The highest BCUT2D eigenvalue weighted by Gasteiger charge is 2.24. The first kappa shape index (κ1) is 19.3. The normalized spacial score (nSPS) is 17.8. The molecule has 0 fully saturated rings. The van der Waals surface area contributed by atoms with E-state index in [1.54, 1.807) is 19.1 Å². The second kappa shape index (κ2) is 8.34. The molecule has 2 rings (SSSR count). The van der Waals surface area contributed by atoms with Crippen molar-refractivity contribution in [2.75, 3.05) is 0 Å². The van der Waals surface area contributed by atoms with Crippen molar-refractivity contribution >= 4 is 17.5 Å². The molecule has 134 valence electrons. The number of halogens is 2. The van der Waals surface area contributed by atoms with Crippen LogP contribution < -0.4 is 11.1 Å². The lowest BCUT2D eigenvalue weighted by Crippen LogP contribution is -2.23. The van der Waals surface area contributed by atoms with Crippen LogP contribution in [0.1, 0.15) is 50.3 Å². The fourth-order valence-corrected chi connectivity index (χ4v) is 3.07. The van der Waals surface area contributed by atoms with Gasteiger partial charge in [-0.05, 0) is 68.9 Å². The molecule has 0 radical (unpaired) electrons. The van der Waals surface area contributed by atoms with Crippen molar-refractivity contribution in [3.8, 4) is 0 Å². The third-order valence-corrected chi connectivity index (χ3v) is 4.68. The number of benzene rings is 1. The number of nitrogens with two attached hydrogens (primary N) is 1. The number of nitrogens with one attached hydrogen (secondary N) is 1. The summed E-state index contributed by atoms with van der Waals surface area (Å²) in [4.78, 5) is 11.6. The monoisotopic (exact) mass is 362 g/mol. The van der Waals surface area contributed by atoms with Crippen molar-refractivity contribution in [2.24, 2.45) is 5.73 Å². The average molecular weight is 363 g/mol. The summed E-state index contributed by atoms with van der Waals surface area (Å²) < 4.78 is 13.6. The number of fused-ring (bicyclic) bond motifs is 1. The van der Waals surface area contributed by atoms with E-state index in [2.05, 4.69) is 11.9 Å². The zero-order chi connectivity index (χ0) is 18.6. The number of primary amides is 1. The molecule has 1 aliphatic carbocycles. The first-order valence-electron chi connectivity index (χ1n) is 8.34. The zero-order valence-electron chi connectivity index (χ0n) is 14.7. The number of carbonyl (C=O) groups is 1. The molecular weight excluding hydrogens is 339 g/mol. The Morgan fingerprint density at radius 1 is 1.44 bits per heavy atom. The first-order chi connectivity index (χ1) is 11.8. The number of aryl methyl sites for hydroxylation is 1. The van der Waals surface area contributed by atoms with E-state index in [-0.39, 0.29) is 11.9 Å². The molecular formula is C20H24ClFN2O. The Hall–Kier alpha value is -2.07.